The van der Waals surface area contributed by atoms with Crippen LogP contribution < -0.4 is 0 Å². The Morgan fingerprint density at radius 1 is 1.11 bits per heavy atom. The molecule has 0 heterocycles. The largest absolute Gasteiger partial charge is 0.290 e. The predicted molar refractivity (Wildman–Crippen MR) is 37.1 cm³/mol. The number of hydrogen-bond donors (Lipinski definition) is 0. The second-order valence-corrected chi connectivity index (χ2v) is 2.14. The van der Waals surface area contributed by atoms with Crippen molar-refractivity contribution in [2.45, 2.75) is 19.3 Å². The summed E-state index contributed by atoms with van der Waals surface area (Å²) in [4.78, 5) is 10.7. The van der Waals surface area contributed by atoms with E-state index >= 15 is 0 Å². The number of allylic oxidation sites excluding steroid dienone is 4. The molecule has 0 aromatic carbocycles. The second-order valence-electron chi connectivity index (χ2n) is 2.14. The van der Waals surface area contributed by atoms with Gasteiger partial charge < -0.3 is 0 Å². The maximum Gasteiger partial charge on any atom is 0.177 e. The van der Waals surface area contributed by atoms with Crippen LogP contribution in [0.5, 0.6) is 0 Å². The Bertz CT molecular complexity index is 138. The molecular formula is C8H10O. The van der Waals surface area contributed by atoms with Gasteiger partial charge in [0, 0.05) is 0 Å². The Morgan fingerprint density at radius 2 is 1.67 bits per heavy atom. The van der Waals surface area contributed by atoms with E-state index in [2.05, 4.69) is 0 Å². The third kappa shape index (κ3) is 2.27. The van der Waals surface area contributed by atoms with Crippen LogP contribution in [0.25, 0.3) is 0 Å². The first kappa shape index (κ1) is 6.27. The van der Waals surface area contributed by atoms with E-state index in [-0.39, 0.29) is 5.78 Å². The standard InChI is InChI=1S/C8H10O/c9-8-6-4-2-1-3-5-7-8/h4-7H,1-3H2/b6-4-,7-5-. The maximum absolute atomic E-state index is 10.7. The fourth-order valence-corrected chi connectivity index (χ4v) is 0.808. The summed E-state index contributed by atoms with van der Waals surface area (Å²) in [5.74, 6) is 0.120. The van der Waals surface area contributed by atoms with Crippen LogP contribution in [0.3, 0.4) is 0 Å². The van der Waals surface area contributed by atoms with Gasteiger partial charge in [-0.25, -0.2) is 0 Å². The summed E-state index contributed by atoms with van der Waals surface area (Å²) in [7, 11) is 0. The molecule has 1 aliphatic carbocycles. The fourth-order valence-electron chi connectivity index (χ4n) is 0.808. The summed E-state index contributed by atoms with van der Waals surface area (Å²) >= 11 is 0. The SMILES string of the molecule is O=C1/C=C\CCC/C=C\1. The molecule has 0 unspecified atom stereocenters. The van der Waals surface area contributed by atoms with Gasteiger partial charge in [0.05, 0.1) is 0 Å². The highest BCUT2D eigenvalue weighted by Gasteiger charge is 1.90. The third-order valence-corrected chi connectivity index (χ3v) is 1.31. The van der Waals surface area contributed by atoms with Crippen molar-refractivity contribution < 1.29 is 4.79 Å². The third-order valence-electron chi connectivity index (χ3n) is 1.31. The molecular weight excluding hydrogens is 112 g/mol. The van der Waals surface area contributed by atoms with Crippen LogP contribution in [0.1, 0.15) is 19.3 Å². The van der Waals surface area contributed by atoms with Crippen LogP contribution in [-0.4, -0.2) is 5.78 Å². The van der Waals surface area contributed by atoms with Crippen molar-refractivity contribution >= 4 is 5.78 Å². The van der Waals surface area contributed by atoms with Crippen molar-refractivity contribution in [3.05, 3.63) is 24.3 Å². The molecule has 0 saturated heterocycles. The van der Waals surface area contributed by atoms with Gasteiger partial charge in [0.2, 0.25) is 0 Å². The van der Waals surface area contributed by atoms with Gasteiger partial charge in [-0.15, -0.1) is 0 Å². The van der Waals surface area contributed by atoms with E-state index in [0.717, 1.165) is 12.8 Å². The van der Waals surface area contributed by atoms with E-state index in [1.165, 1.54) is 6.42 Å². The van der Waals surface area contributed by atoms with Crippen LogP contribution in [0.4, 0.5) is 0 Å². The van der Waals surface area contributed by atoms with E-state index < -0.39 is 0 Å². The molecule has 1 heteroatoms. The minimum atomic E-state index is 0.120. The zero-order valence-corrected chi connectivity index (χ0v) is 5.34. The maximum atomic E-state index is 10.7. The lowest BCUT2D eigenvalue weighted by atomic mass is 10.1. The van der Waals surface area contributed by atoms with Crippen molar-refractivity contribution in [3.63, 3.8) is 0 Å². The number of carbonyl (C=O) groups is 1. The topological polar surface area (TPSA) is 17.1 Å². The van der Waals surface area contributed by atoms with Crippen LogP contribution >= 0.6 is 0 Å². The molecule has 0 aromatic heterocycles. The summed E-state index contributed by atoms with van der Waals surface area (Å²) in [6, 6.07) is 0. The lowest BCUT2D eigenvalue weighted by Crippen LogP contribution is -1.87. The van der Waals surface area contributed by atoms with E-state index in [4.69, 9.17) is 0 Å². The highest BCUT2D eigenvalue weighted by atomic mass is 16.1. The van der Waals surface area contributed by atoms with Gasteiger partial charge in [-0.2, -0.15) is 0 Å². The molecule has 0 amide bonds. The van der Waals surface area contributed by atoms with Crippen molar-refractivity contribution in [2.75, 3.05) is 0 Å². The highest BCUT2D eigenvalue weighted by Crippen LogP contribution is 2.01. The predicted octanol–water partition coefficient (Wildman–Crippen LogP) is 1.85. The molecule has 0 aromatic rings. The van der Waals surface area contributed by atoms with Crippen LogP contribution in [0, 0.1) is 0 Å². The van der Waals surface area contributed by atoms with E-state index in [0.29, 0.717) is 0 Å². The number of carbonyl (C=O) groups excluding carboxylic acids is 1. The zero-order chi connectivity index (χ0) is 6.53. The van der Waals surface area contributed by atoms with Gasteiger partial charge in [0.25, 0.3) is 0 Å². The quantitative estimate of drug-likeness (QED) is 0.479. The second kappa shape index (κ2) is 3.23. The molecule has 0 aliphatic heterocycles. The first-order chi connectivity index (χ1) is 4.39. The van der Waals surface area contributed by atoms with Crippen LogP contribution in [0.15, 0.2) is 24.3 Å². The Kier molecular flexibility index (Phi) is 2.25. The number of ketones is 1. The molecule has 0 atom stereocenters. The monoisotopic (exact) mass is 122 g/mol. The smallest absolute Gasteiger partial charge is 0.177 e. The highest BCUT2D eigenvalue weighted by molar-refractivity contribution is 5.99. The average Bonchev–Trinajstić information content (AvgIpc) is 1.79. The first-order valence-electron chi connectivity index (χ1n) is 3.26. The normalized spacial score (nSPS) is 26.4. The summed E-state index contributed by atoms with van der Waals surface area (Å²) in [6.45, 7) is 0. The Hall–Kier alpha value is -0.850. The number of hydrogen-bond acceptors (Lipinski definition) is 1. The Balaban J connectivity index is 2.55. The van der Waals surface area contributed by atoms with Gasteiger partial charge >= 0.3 is 0 Å². The lowest BCUT2D eigenvalue weighted by Gasteiger charge is -1.92. The van der Waals surface area contributed by atoms with Crippen molar-refractivity contribution in [2.24, 2.45) is 0 Å². The van der Waals surface area contributed by atoms with Gasteiger partial charge in [-0.3, -0.25) is 4.79 Å². The molecule has 48 valence electrons. The van der Waals surface area contributed by atoms with Crippen molar-refractivity contribution in [3.8, 4) is 0 Å². The fraction of sp³-hybridized carbons (Fsp3) is 0.375. The Morgan fingerprint density at radius 3 is 2.22 bits per heavy atom. The van der Waals surface area contributed by atoms with Gasteiger partial charge in [0.15, 0.2) is 5.78 Å². The number of rotatable bonds is 0. The lowest BCUT2D eigenvalue weighted by molar-refractivity contribution is -0.110. The van der Waals surface area contributed by atoms with Crippen molar-refractivity contribution in [1.29, 1.82) is 0 Å². The van der Waals surface area contributed by atoms with E-state index in [9.17, 15) is 4.79 Å². The molecule has 9 heavy (non-hydrogen) atoms. The minimum Gasteiger partial charge on any atom is -0.290 e. The van der Waals surface area contributed by atoms with Gasteiger partial charge in [-0.05, 0) is 31.4 Å². The molecule has 1 aliphatic rings. The Labute approximate surface area is 55.1 Å². The van der Waals surface area contributed by atoms with E-state index in [1.54, 1.807) is 12.2 Å². The minimum absolute atomic E-state index is 0.120. The molecule has 0 radical (unpaired) electrons. The first-order valence-corrected chi connectivity index (χ1v) is 3.26. The average molecular weight is 122 g/mol. The molecule has 0 bridgehead atoms. The molecule has 1 nitrogen and oxygen atoms in total. The summed E-state index contributed by atoms with van der Waals surface area (Å²) in [5.41, 5.74) is 0. The van der Waals surface area contributed by atoms with E-state index in [1.807, 2.05) is 12.2 Å². The summed E-state index contributed by atoms with van der Waals surface area (Å²) in [5, 5.41) is 0. The van der Waals surface area contributed by atoms with Gasteiger partial charge in [0.1, 0.15) is 0 Å². The summed E-state index contributed by atoms with van der Waals surface area (Å²) < 4.78 is 0. The molecule has 1 rings (SSSR count). The van der Waals surface area contributed by atoms with Crippen LogP contribution in [0.2, 0.25) is 0 Å². The molecule has 0 spiro atoms. The summed E-state index contributed by atoms with van der Waals surface area (Å²) in [6.07, 6.45) is 10.4. The van der Waals surface area contributed by atoms with Crippen LogP contribution in [-0.2, 0) is 4.79 Å². The molecule has 0 N–H and O–H groups in total. The molecule has 0 fully saturated rings. The van der Waals surface area contributed by atoms with Gasteiger partial charge in [-0.1, -0.05) is 12.2 Å². The zero-order valence-electron chi connectivity index (χ0n) is 5.34. The van der Waals surface area contributed by atoms with Crippen molar-refractivity contribution in [1.82, 2.24) is 0 Å². The molecule has 0 saturated carbocycles.